The summed E-state index contributed by atoms with van der Waals surface area (Å²) in [6, 6.07) is 0. The van der Waals surface area contributed by atoms with Gasteiger partial charge in [0, 0.05) is 0 Å². The van der Waals surface area contributed by atoms with E-state index in [0.717, 1.165) is 0 Å². The maximum atomic E-state index is 12.0. The molecule has 0 aliphatic heterocycles. The first-order chi connectivity index (χ1) is 9.17. The first-order valence-electron chi connectivity index (χ1n) is 4.96. The molecule has 0 bridgehead atoms. The predicted molar refractivity (Wildman–Crippen MR) is 55.2 cm³/mol. The first kappa shape index (κ1) is 15.5. The highest BCUT2D eigenvalue weighted by atomic mass is 19.4. The van der Waals surface area contributed by atoms with Crippen molar-refractivity contribution in [3.8, 4) is 11.6 Å². The molecule has 1 aromatic heterocycles. The van der Waals surface area contributed by atoms with Gasteiger partial charge in [0.25, 0.3) is 5.88 Å². The lowest BCUT2D eigenvalue weighted by Crippen LogP contribution is -2.19. The summed E-state index contributed by atoms with van der Waals surface area (Å²) < 4.78 is 43.9. The van der Waals surface area contributed by atoms with Crippen LogP contribution in [0.1, 0.15) is 17.3 Å². The number of hydrogen-bond donors (Lipinski definition) is 1. The molecule has 0 aliphatic rings. The largest absolute Gasteiger partial charge is 0.574 e. The quantitative estimate of drug-likeness (QED) is 0.512. The van der Waals surface area contributed by atoms with Crippen LogP contribution in [-0.4, -0.2) is 34.0 Å². The lowest BCUT2D eigenvalue weighted by molar-refractivity contribution is -0.385. The van der Waals surface area contributed by atoms with E-state index in [0.29, 0.717) is 6.20 Å². The molecule has 11 heteroatoms. The van der Waals surface area contributed by atoms with Crippen molar-refractivity contribution in [1.29, 1.82) is 0 Å². The summed E-state index contributed by atoms with van der Waals surface area (Å²) in [5, 5.41) is 20.1. The summed E-state index contributed by atoms with van der Waals surface area (Å²) in [6.45, 7) is 1.17. The molecule has 0 aromatic carbocycles. The van der Waals surface area contributed by atoms with Crippen molar-refractivity contribution >= 4 is 11.7 Å². The Morgan fingerprint density at radius 3 is 2.60 bits per heavy atom. The average Bonchev–Trinajstić information content (AvgIpc) is 2.29. The minimum Gasteiger partial charge on any atom is -0.502 e. The van der Waals surface area contributed by atoms with E-state index in [2.05, 4.69) is 14.5 Å². The highest BCUT2D eigenvalue weighted by Gasteiger charge is 2.37. The number of aromatic hydroxyl groups is 1. The van der Waals surface area contributed by atoms with Crippen molar-refractivity contribution in [3.05, 3.63) is 21.9 Å². The van der Waals surface area contributed by atoms with Gasteiger partial charge in [-0.15, -0.1) is 13.2 Å². The van der Waals surface area contributed by atoms with E-state index in [-0.39, 0.29) is 6.61 Å². The minimum atomic E-state index is -5.19. The van der Waals surface area contributed by atoms with Crippen LogP contribution in [0.2, 0.25) is 0 Å². The van der Waals surface area contributed by atoms with Crippen molar-refractivity contribution < 1.29 is 37.5 Å². The van der Waals surface area contributed by atoms with E-state index in [1.54, 1.807) is 0 Å². The fraction of sp³-hybridized carbons (Fsp3) is 0.333. The van der Waals surface area contributed by atoms with Crippen LogP contribution in [-0.2, 0) is 4.74 Å². The summed E-state index contributed by atoms with van der Waals surface area (Å²) in [6.07, 6.45) is -4.83. The molecule has 0 radical (unpaired) electrons. The minimum absolute atomic E-state index is 0.201. The molecule has 1 heterocycles. The van der Waals surface area contributed by atoms with E-state index < -0.39 is 40.1 Å². The summed E-state index contributed by atoms with van der Waals surface area (Å²) >= 11 is 0. The topological polar surface area (TPSA) is 112 Å². The molecule has 1 N–H and O–H groups in total. The van der Waals surface area contributed by atoms with Crippen LogP contribution in [0.5, 0.6) is 11.6 Å². The molecule has 0 saturated carbocycles. The van der Waals surface area contributed by atoms with Gasteiger partial charge in [-0.3, -0.25) is 10.1 Å². The number of hydrogen-bond acceptors (Lipinski definition) is 7. The van der Waals surface area contributed by atoms with Crippen molar-refractivity contribution in [2.75, 3.05) is 6.61 Å². The molecule has 8 nitrogen and oxygen atoms in total. The van der Waals surface area contributed by atoms with Crippen molar-refractivity contribution in [2.24, 2.45) is 0 Å². The molecule has 20 heavy (non-hydrogen) atoms. The summed E-state index contributed by atoms with van der Waals surface area (Å²) in [4.78, 5) is 24.0. The zero-order chi connectivity index (χ0) is 15.5. The number of alkyl halides is 3. The smallest absolute Gasteiger partial charge is 0.502 e. The van der Waals surface area contributed by atoms with Crippen LogP contribution < -0.4 is 4.74 Å². The normalized spacial score (nSPS) is 11.0. The van der Waals surface area contributed by atoms with E-state index in [1.807, 2.05) is 0 Å². The second-order valence-electron chi connectivity index (χ2n) is 3.20. The summed E-state index contributed by atoms with van der Waals surface area (Å²) in [7, 11) is 0. The third-order valence-corrected chi connectivity index (χ3v) is 1.89. The summed E-state index contributed by atoms with van der Waals surface area (Å²) in [5.74, 6) is -4.17. The Hall–Kier alpha value is -2.59. The zero-order valence-electron chi connectivity index (χ0n) is 9.80. The van der Waals surface area contributed by atoms with Gasteiger partial charge in [-0.25, -0.2) is 9.78 Å². The molecule has 1 aromatic rings. The third-order valence-electron chi connectivity index (χ3n) is 1.89. The Balaban J connectivity index is 3.38. The molecular weight excluding hydrogens is 289 g/mol. The SMILES string of the molecule is CCOC(=O)c1c([N+](=O)[O-])cnc(OC(F)(F)F)c1O. The maximum Gasteiger partial charge on any atom is 0.574 e. The summed E-state index contributed by atoms with van der Waals surface area (Å²) in [5.41, 5.74) is -2.07. The van der Waals surface area contributed by atoms with Crippen LogP contribution in [0.4, 0.5) is 18.9 Å². The Morgan fingerprint density at radius 1 is 1.55 bits per heavy atom. The molecule has 0 amide bonds. The van der Waals surface area contributed by atoms with Gasteiger partial charge in [0.15, 0.2) is 5.56 Å². The van der Waals surface area contributed by atoms with Crippen molar-refractivity contribution in [1.82, 2.24) is 4.98 Å². The third kappa shape index (κ3) is 3.46. The lowest BCUT2D eigenvalue weighted by atomic mass is 10.2. The second-order valence-corrected chi connectivity index (χ2v) is 3.20. The number of rotatable bonds is 4. The molecular formula is C9H7F3N2O6. The van der Waals surface area contributed by atoms with Gasteiger partial charge in [-0.2, -0.15) is 0 Å². The lowest BCUT2D eigenvalue weighted by Gasteiger charge is -2.11. The highest BCUT2D eigenvalue weighted by Crippen LogP contribution is 2.37. The molecule has 110 valence electrons. The molecule has 0 saturated heterocycles. The maximum absolute atomic E-state index is 12.0. The van der Waals surface area contributed by atoms with Crippen LogP contribution in [0, 0.1) is 10.1 Å². The van der Waals surface area contributed by atoms with Gasteiger partial charge in [0.1, 0.15) is 6.20 Å². The number of nitrogens with zero attached hydrogens (tertiary/aromatic N) is 2. The zero-order valence-corrected chi connectivity index (χ0v) is 9.80. The fourth-order valence-electron chi connectivity index (χ4n) is 1.20. The van der Waals surface area contributed by atoms with E-state index in [9.17, 15) is 33.2 Å². The molecule has 0 unspecified atom stereocenters. The highest BCUT2D eigenvalue weighted by molar-refractivity contribution is 5.97. The number of aromatic nitrogens is 1. The molecule has 1 rings (SSSR count). The Labute approximate surface area is 108 Å². The monoisotopic (exact) mass is 296 g/mol. The van der Waals surface area contributed by atoms with Gasteiger partial charge in [0.2, 0.25) is 5.75 Å². The molecule has 0 atom stereocenters. The van der Waals surface area contributed by atoms with Crippen LogP contribution in [0.25, 0.3) is 0 Å². The van der Waals surface area contributed by atoms with Crippen molar-refractivity contribution in [3.63, 3.8) is 0 Å². The Kier molecular flexibility index (Phi) is 4.32. The number of carbonyl (C=O) groups is 1. The second kappa shape index (κ2) is 5.59. The average molecular weight is 296 g/mol. The van der Waals surface area contributed by atoms with Gasteiger partial charge in [-0.05, 0) is 6.92 Å². The van der Waals surface area contributed by atoms with E-state index in [1.165, 1.54) is 6.92 Å². The number of nitro groups is 1. The number of ether oxygens (including phenoxy) is 2. The first-order valence-corrected chi connectivity index (χ1v) is 4.96. The predicted octanol–water partition coefficient (Wildman–Crippen LogP) is 1.77. The molecule has 0 fully saturated rings. The molecule has 0 spiro atoms. The molecule has 0 aliphatic carbocycles. The van der Waals surface area contributed by atoms with Crippen LogP contribution >= 0.6 is 0 Å². The van der Waals surface area contributed by atoms with Gasteiger partial charge in [-0.1, -0.05) is 0 Å². The van der Waals surface area contributed by atoms with Crippen LogP contribution in [0.3, 0.4) is 0 Å². The Bertz CT molecular complexity index is 545. The Morgan fingerprint density at radius 2 is 2.15 bits per heavy atom. The van der Waals surface area contributed by atoms with Gasteiger partial charge < -0.3 is 14.6 Å². The number of esters is 1. The number of pyridine rings is 1. The van der Waals surface area contributed by atoms with Gasteiger partial charge >= 0.3 is 18.0 Å². The van der Waals surface area contributed by atoms with E-state index >= 15 is 0 Å². The number of carbonyl (C=O) groups excluding carboxylic acids is 1. The van der Waals surface area contributed by atoms with Crippen molar-refractivity contribution in [2.45, 2.75) is 13.3 Å². The van der Waals surface area contributed by atoms with Gasteiger partial charge in [0.05, 0.1) is 11.5 Å². The van der Waals surface area contributed by atoms with E-state index in [4.69, 9.17) is 0 Å². The fourth-order valence-corrected chi connectivity index (χ4v) is 1.20. The standard InChI is InChI=1S/C9H7F3N2O6/c1-2-19-8(16)5-4(14(17)18)3-13-7(6(5)15)20-9(10,11)12/h3,15H,2H2,1H3. The number of halogens is 3. The van der Waals surface area contributed by atoms with Crippen LogP contribution in [0.15, 0.2) is 6.20 Å².